The molecule has 1 atom stereocenters. The van der Waals surface area contributed by atoms with E-state index >= 15 is 0 Å². The number of aliphatic hydroxyl groups excluding tert-OH is 1. The van der Waals surface area contributed by atoms with E-state index in [4.69, 9.17) is 5.11 Å². The van der Waals surface area contributed by atoms with Crippen molar-refractivity contribution in [3.8, 4) is 0 Å². The lowest BCUT2D eigenvalue weighted by Crippen LogP contribution is -2.23. The second kappa shape index (κ2) is 7.21. The van der Waals surface area contributed by atoms with Crippen LogP contribution in [-0.2, 0) is 0 Å². The fraction of sp³-hybridized carbons (Fsp3) is 1.00. The molecule has 0 amide bonds. The largest absolute Gasteiger partial charge is 0.392 e. The second-order valence-corrected chi connectivity index (χ2v) is 1.66. The Hall–Kier alpha value is 0.210. The fourth-order valence-corrected chi connectivity index (χ4v) is 0.353. The molecule has 0 aliphatic heterocycles. The van der Waals surface area contributed by atoms with Crippen molar-refractivity contribution in [1.29, 1.82) is 0 Å². The SMILES string of the molecule is CCNCC(C)O.Cl. The van der Waals surface area contributed by atoms with E-state index in [1.807, 2.05) is 6.92 Å². The van der Waals surface area contributed by atoms with Crippen molar-refractivity contribution in [1.82, 2.24) is 5.32 Å². The summed E-state index contributed by atoms with van der Waals surface area (Å²) < 4.78 is 0. The van der Waals surface area contributed by atoms with Gasteiger partial charge in [0.1, 0.15) is 0 Å². The molecule has 0 radical (unpaired) electrons. The molecule has 0 saturated heterocycles. The first-order valence-electron chi connectivity index (χ1n) is 2.66. The number of aliphatic hydroxyl groups is 1. The Morgan fingerprint density at radius 3 is 2.25 bits per heavy atom. The molecule has 3 heteroatoms. The van der Waals surface area contributed by atoms with Crippen LogP contribution in [0.3, 0.4) is 0 Å². The van der Waals surface area contributed by atoms with Crippen molar-refractivity contribution in [2.75, 3.05) is 13.1 Å². The molecule has 0 aliphatic carbocycles. The summed E-state index contributed by atoms with van der Waals surface area (Å²) in [4.78, 5) is 0. The summed E-state index contributed by atoms with van der Waals surface area (Å²) in [5, 5.41) is 11.6. The number of halogens is 1. The van der Waals surface area contributed by atoms with Crippen molar-refractivity contribution < 1.29 is 5.11 Å². The molecule has 0 bridgehead atoms. The molecular weight excluding hydrogens is 126 g/mol. The van der Waals surface area contributed by atoms with E-state index in [0.29, 0.717) is 6.54 Å². The maximum absolute atomic E-state index is 8.62. The van der Waals surface area contributed by atoms with Gasteiger partial charge in [-0.05, 0) is 13.5 Å². The zero-order valence-corrected chi connectivity index (χ0v) is 6.16. The topological polar surface area (TPSA) is 32.3 Å². The highest BCUT2D eigenvalue weighted by atomic mass is 35.5. The first-order valence-corrected chi connectivity index (χ1v) is 2.66. The minimum atomic E-state index is -0.208. The van der Waals surface area contributed by atoms with Crippen LogP contribution in [0.25, 0.3) is 0 Å². The van der Waals surface area contributed by atoms with E-state index in [-0.39, 0.29) is 18.5 Å². The minimum Gasteiger partial charge on any atom is -0.392 e. The lowest BCUT2D eigenvalue weighted by Gasteiger charge is -2.01. The van der Waals surface area contributed by atoms with E-state index in [1.54, 1.807) is 6.92 Å². The van der Waals surface area contributed by atoms with Gasteiger partial charge < -0.3 is 10.4 Å². The summed E-state index contributed by atoms with van der Waals surface area (Å²) in [7, 11) is 0. The monoisotopic (exact) mass is 139 g/mol. The van der Waals surface area contributed by atoms with Crippen LogP contribution in [0.4, 0.5) is 0 Å². The Balaban J connectivity index is 0. The highest BCUT2D eigenvalue weighted by Crippen LogP contribution is 1.71. The third kappa shape index (κ3) is 9.51. The molecule has 2 nitrogen and oxygen atoms in total. The summed E-state index contributed by atoms with van der Waals surface area (Å²) in [6, 6.07) is 0. The number of nitrogens with one attached hydrogen (secondary N) is 1. The van der Waals surface area contributed by atoms with Gasteiger partial charge in [0, 0.05) is 6.54 Å². The third-order valence-electron chi connectivity index (χ3n) is 0.690. The third-order valence-corrected chi connectivity index (χ3v) is 0.690. The molecule has 52 valence electrons. The maximum Gasteiger partial charge on any atom is 0.0636 e. The Labute approximate surface area is 56.7 Å². The molecule has 2 N–H and O–H groups in total. The van der Waals surface area contributed by atoms with Gasteiger partial charge in [0.2, 0.25) is 0 Å². The smallest absolute Gasteiger partial charge is 0.0636 e. The van der Waals surface area contributed by atoms with Gasteiger partial charge in [-0.1, -0.05) is 6.92 Å². The van der Waals surface area contributed by atoms with E-state index in [1.165, 1.54) is 0 Å². The Morgan fingerprint density at radius 2 is 2.12 bits per heavy atom. The van der Waals surface area contributed by atoms with Gasteiger partial charge in [-0.15, -0.1) is 12.4 Å². The van der Waals surface area contributed by atoms with Crippen molar-refractivity contribution in [2.45, 2.75) is 20.0 Å². The first kappa shape index (κ1) is 11.1. The van der Waals surface area contributed by atoms with E-state index < -0.39 is 0 Å². The zero-order chi connectivity index (χ0) is 5.70. The Kier molecular flexibility index (Phi) is 9.97. The molecule has 0 heterocycles. The molecule has 0 fully saturated rings. The van der Waals surface area contributed by atoms with Crippen LogP contribution < -0.4 is 5.32 Å². The average Bonchev–Trinajstić information content (AvgIpc) is 1.61. The number of hydrogen-bond acceptors (Lipinski definition) is 2. The maximum atomic E-state index is 8.62. The number of hydrogen-bond donors (Lipinski definition) is 2. The van der Waals surface area contributed by atoms with Gasteiger partial charge >= 0.3 is 0 Å². The lowest BCUT2D eigenvalue weighted by molar-refractivity contribution is 0.192. The van der Waals surface area contributed by atoms with Crippen LogP contribution in [0.2, 0.25) is 0 Å². The highest BCUT2D eigenvalue weighted by Gasteiger charge is 1.88. The van der Waals surface area contributed by atoms with Crippen molar-refractivity contribution >= 4 is 12.4 Å². The number of likely N-dealkylation sites (N-methyl/N-ethyl adjacent to an activating group) is 1. The highest BCUT2D eigenvalue weighted by molar-refractivity contribution is 5.85. The van der Waals surface area contributed by atoms with Crippen LogP contribution in [-0.4, -0.2) is 24.3 Å². The summed E-state index contributed by atoms with van der Waals surface area (Å²) in [5.41, 5.74) is 0. The summed E-state index contributed by atoms with van der Waals surface area (Å²) in [5.74, 6) is 0. The summed E-state index contributed by atoms with van der Waals surface area (Å²) >= 11 is 0. The molecule has 0 spiro atoms. The molecule has 0 saturated carbocycles. The quantitative estimate of drug-likeness (QED) is 0.594. The van der Waals surface area contributed by atoms with Gasteiger partial charge in [-0.3, -0.25) is 0 Å². The molecule has 0 aromatic heterocycles. The minimum absolute atomic E-state index is 0. The lowest BCUT2D eigenvalue weighted by atomic mass is 10.4. The summed E-state index contributed by atoms with van der Waals surface area (Å²) in [6.45, 7) is 5.42. The van der Waals surface area contributed by atoms with Crippen LogP contribution in [0.15, 0.2) is 0 Å². The van der Waals surface area contributed by atoms with E-state index in [0.717, 1.165) is 6.54 Å². The number of rotatable bonds is 3. The summed E-state index contributed by atoms with van der Waals surface area (Å²) in [6.07, 6.45) is -0.208. The zero-order valence-electron chi connectivity index (χ0n) is 5.35. The Morgan fingerprint density at radius 1 is 1.62 bits per heavy atom. The van der Waals surface area contributed by atoms with E-state index in [9.17, 15) is 0 Å². The van der Waals surface area contributed by atoms with Gasteiger partial charge in [-0.25, -0.2) is 0 Å². The molecule has 0 aliphatic rings. The molecule has 0 rings (SSSR count). The average molecular weight is 140 g/mol. The molecule has 0 aromatic carbocycles. The van der Waals surface area contributed by atoms with Crippen LogP contribution in [0.1, 0.15) is 13.8 Å². The van der Waals surface area contributed by atoms with Crippen molar-refractivity contribution in [2.24, 2.45) is 0 Å². The normalized spacial score (nSPS) is 12.4. The van der Waals surface area contributed by atoms with E-state index in [2.05, 4.69) is 5.32 Å². The van der Waals surface area contributed by atoms with Crippen LogP contribution in [0, 0.1) is 0 Å². The Bertz CT molecular complexity index is 41.4. The molecular formula is C5H14ClNO. The standard InChI is InChI=1S/C5H13NO.ClH/c1-3-6-4-5(2)7;/h5-7H,3-4H2,1-2H3;1H. The predicted molar refractivity (Wildman–Crippen MR) is 37.5 cm³/mol. The predicted octanol–water partition coefficient (Wildman–Crippen LogP) is 0.398. The molecule has 8 heavy (non-hydrogen) atoms. The second-order valence-electron chi connectivity index (χ2n) is 1.66. The van der Waals surface area contributed by atoms with Crippen LogP contribution >= 0.6 is 12.4 Å². The van der Waals surface area contributed by atoms with Gasteiger partial charge in [0.25, 0.3) is 0 Å². The van der Waals surface area contributed by atoms with Gasteiger partial charge in [-0.2, -0.15) is 0 Å². The molecule has 0 aromatic rings. The van der Waals surface area contributed by atoms with Crippen molar-refractivity contribution in [3.05, 3.63) is 0 Å². The van der Waals surface area contributed by atoms with Crippen molar-refractivity contribution in [3.63, 3.8) is 0 Å². The van der Waals surface area contributed by atoms with Gasteiger partial charge in [0.05, 0.1) is 6.10 Å². The van der Waals surface area contributed by atoms with Gasteiger partial charge in [0.15, 0.2) is 0 Å². The fourth-order valence-electron chi connectivity index (χ4n) is 0.353. The van der Waals surface area contributed by atoms with Crippen LogP contribution in [0.5, 0.6) is 0 Å². The first-order chi connectivity index (χ1) is 3.27. The molecule has 1 unspecified atom stereocenters.